The Balaban J connectivity index is 0.000000169. The van der Waals surface area contributed by atoms with E-state index in [-0.39, 0.29) is 11.4 Å². The summed E-state index contributed by atoms with van der Waals surface area (Å²) in [6.45, 7) is 4.68. The van der Waals surface area contributed by atoms with Gasteiger partial charge in [0.2, 0.25) is 0 Å². The third-order valence-corrected chi connectivity index (χ3v) is 8.70. The van der Waals surface area contributed by atoms with Crippen molar-refractivity contribution >= 4 is 22.1 Å². The highest BCUT2D eigenvalue weighted by atomic mass is 16.5. The first-order valence-corrected chi connectivity index (χ1v) is 17.0. The Morgan fingerprint density at radius 3 is 1.71 bits per heavy atom. The molecule has 6 heterocycles. The molecule has 0 unspecified atom stereocenters. The highest BCUT2D eigenvalue weighted by molar-refractivity contribution is 5.84. The van der Waals surface area contributed by atoms with E-state index in [2.05, 4.69) is 47.7 Å². The van der Waals surface area contributed by atoms with Gasteiger partial charge in [-0.25, -0.2) is 19.3 Å². The molecule has 8 rings (SSSR count). The summed E-state index contributed by atoms with van der Waals surface area (Å²) in [5.74, 6) is 1.51. The Morgan fingerprint density at radius 2 is 1.24 bits per heavy atom. The summed E-state index contributed by atoms with van der Waals surface area (Å²) >= 11 is 0. The zero-order valence-electron chi connectivity index (χ0n) is 30.2. The second-order valence-electron chi connectivity index (χ2n) is 12.6. The maximum Gasteiger partial charge on any atom is 0.186 e. The van der Waals surface area contributed by atoms with Crippen LogP contribution in [0.5, 0.6) is 11.5 Å². The number of benzene rings is 2. The topological polar surface area (TPSA) is 193 Å². The highest BCUT2D eigenvalue weighted by Crippen LogP contribution is 2.30. The molecule has 8 aromatic rings. The molecule has 270 valence electrons. The van der Waals surface area contributed by atoms with Crippen LogP contribution in [0.25, 0.3) is 44.6 Å². The molecule has 15 heteroatoms. The van der Waals surface area contributed by atoms with E-state index in [0.29, 0.717) is 41.4 Å². The Kier molecular flexibility index (Phi) is 10.0. The average molecular weight is 729 g/mol. The highest BCUT2D eigenvalue weighted by Gasteiger charge is 2.15. The second-order valence-corrected chi connectivity index (χ2v) is 12.6. The van der Waals surface area contributed by atoms with Crippen LogP contribution in [0.4, 0.5) is 0 Å². The fraction of sp³-hybridized carbons (Fsp3) is 0.150. The number of ether oxygens (including phenoxy) is 2. The molecule has 0 saturated heterocycles. The van der Waals surface area contributed by atoms with E-state index in [9.17, 15) is 15.7 Å². The summed E-state index contributed by atoms with van der Waals surface area (Å²) in [7, 11) is 3.57. The van der Waals surface area contributed by atoms with Crippen molar-refractivity contribution < 1.29 is 14.2 Å². The molecule has 0 amide bonds. The van der Waals surface area contributed by atoms with Gasteiger partial charge in [0, 0.05) is 49.2 Å². The molecule has 0 radical (unpaired) electrons. The lowest BCUT2D eigenvalue weighted by atomic mass is 10.1. The van der Waals surface area contributed by atoms with Crippen molar-refractivity contribution in [1.82, 2.24) is 44.9 Å². The SMILES string of the molecule is Cc1cc(-c2cc3c(nnn3C)c(C#N)n2)ccc1OCc1ccc[n+]([O-])c1.Cc1cc(-c2cc3c(nnn3C)c(C#N)n2)ccc1OCc1cccnc1. The first-order chi connectivity index (χ1) is 26.7. The average Bonchev–Trinajstić information content (AvgIpc) is 3.78. The second kappa shape index (κ2) is 15.4. The predicted octanol–water partition coefficient (Wildman–Crippen LogP) is 5.61. The molecule has 55 heavy (non-hydrogen) atoms. The normalized spacial score (nSPS) is 10.7. The fourth-order valence-electron chi connectivity index (χ4n) is 5.85. The molecule has 0 aliphatic rings. The van der Waals surface area contributed by atoms with Gasteiger partial charge < -0.3 is 14.7 Å². The maximum absolute atomic E-state index is 11.3. The minimum atomic E-state index is 0.244. The van der Waals surface area contributed by atoms with Crippen LogP contribution in [-0.4, -0.2) is 44.9 Å². The third kappa shape index (κ3) is 7.72. The quantitative estimate of drug-likeness (QED) is 0.139. The summed E-state index contributed by atoms with van der Waals surface area (Å²) in [6.07, 6.45) is 6.43. The first-order valence-electron chi connectivity index (χ1n) is 17.0. The largest absolute Gasteiger partial charge is 0.619 e. The fourth-order valence-corrected chi connectivity index (χ4v) is 5.85. The Hall–Kier alpha value is -7.78. The van der Waals surface area contributed by atoms with Crippen molar-refractivity contribution in [2.75, 3.05) is 0 Å². The monoisotopic (exact) mass is 728 g/mol. The molecule has 0 atom stereocenters. The zero-order valence-corrected chi connectivity index (χ0v) is 30.2. The molecule has 0 spiro atoms. The van der Waals surface area contributed by atoms with Crippen LogP contribution >= 0.6 is 0 Å². The van der Waals surface area contributed by atoms with E-state index < -0.39 is 0 Å². The molecule has 0 bridgehead atoms. The number of aryl methyl sites for hydroxylation is 4. The number of nitriles is 2. The number of rotatable bonds is 8. The predicted molar refractivity (Wildman–Crippen MR) is 201 cm³/mol. The summed E-state index contributed by atoms with van der Waals surface area (Å²) in [5, 5.41) is 46.0. The van der Waals surface area contributed by atoms with Crippen LogP contribution in [0.2, 0.25) is 0 Å². The van der Waals surface area contributed by atoms with Gasteiger partial charge in [0.25, 0.3) is 0 Å². The van der Waals surface area contributed by atoms with Crippen LogP contribution in [0, 0.1) is 41.7 Å². The van der Waals surface area contributed by atoms with Gasteiger partial charge in [-0.05, 0) is 85.6 Å². The molecule has 15 nitrogen and oxygen atoms in total. The summed E-state index contributed by atoms with van der Waals surface area (Å²) in [4.78, 5) is 13.0. The maximum atomic E-state index is 11.3. The minimum absolute atomic E-state index is 0.244. The molecule has 0 aliphatic carbocycles. The molecule has 0 aliphatic heterocycles. The van der Waals surface area contributed by atoms with Gasteiger partial charge in [-0.15, -0.1) is 10.2 Å². The number of fused-ring (bicyclic) bond motifs is 2. The Bertz CT molecular complexity index is 2770. The standard InChI is InChI=1S/C20H16N6O2.C20H16N6O/c1-13-8-15(5-6-19(13)28-12-14-4-3-7-26(27)11-14)16-9-18-20(17(10-21)22-16)23-24-25(18)2;1-13-8-15(5-6-19(13)27-12-14-4-3-7-22-11-14)16-9-18-20(17(10-21)23-16)24-25-26(18)2/h3-9,11H,12H2,1-2H3;3-9,11H,12H2,1-2H3. The van der Waals surface area contributed by atoms with Gasteiger partial charge in [0.05, 0.1) is 28.0 Å². The van der Waals surface area contributed by atoms with Crippen LogP contribution < -0.4 is 14.2 Å². The minimum Gasteiger partial charge on any atom is -0.619 e. The van der Waals surface area contributed by atoms with E-state index in [1.807, 2.05) is 80.6 Å². The Morgan fingerprint density at radius 1 is 0.709 bits per heavy atom. The van der Waals surface area contributed by atoms with Gasteiger partial charge in [0.1, 0.15) is 47.9 Å². The van der Waals surface area contributed by atoms with E-state index >= 15 is 0 Å². The third-order valence-electron chi connectivity index (χ3n) is 8.70. The molecular formula is C40H32N12O3. The molecule has 2 aromatic carbocycles. The number of nitrogens with zero attached hydrogens (tertiary/aromatic N) is 12. The lowest BCUT2D eigenvalue weighted by Crippen LogP contribution is -2.25. The van der Waals surface area contributed by atoms with Gasteiger partial charge >= 0.3 is 0 Å². The molecule has 0 N–H and O–H groups in total. The zero-order chi connectivity index (χ0) is 38.5. The smallest absolute Gasteiger partial charge is 0.186 e. The Labute approximate surface area is 314 Å². The van der Waals surface area contributed by atoms with E-state index in [1.54, 1.807) is 41.9 Å². The van der Waals surface area contributed by atoms with Crippen LogP contribution in [0.3, 0.4) is 0 Å². The number of aromatic nitrogens is 10. The molecule has 0 saturated carbocycles. The van der Waals surface area contributed by atoms with Gasteiger partial charge in [-0.2, -0.15) is 15.3 Å². The number of pyridine rings is 4. The van der Waals surface area contributed by atoms with E-state index in [0.717, 1.165) is 54.9 Å². The number of hydrogen-bond acceptors (Lipinski definition) is 12. The van der Waals surface area contributed by atoms with Crippen LogP contribution in [0.1, 0.15) is 33.6 Å². The summed E-state index contributed by atoms with van der Waals surface area (Å²) in [6, 6.07) is 26.9. The van der Waals surface area contributed by atoms with E-state index in [1.165, 1.54) is 12.4 Å². The van der Waals surface area contributed by atoms with Crippen LogP contribution in [-0.2, 0) is 27.3 Å². The van der Waals surface area contributed by atoms with Crippen molar-refractivity contribution in [3.8, 4) is 46.2 Å². The molecule has 6 aromatic heterocycles. The van der Waals surface area contributed by atoms with Crippen molar-refractivity contribution in [2.45, 2.75) is 27.1 Å². The molecule has 0 fully saturated rings. The molecular weight excluding hydrogens is 697 g/mol. The van der Waals surface area contributed by atoms with Crippen molar-refractivity contribution in [2.24, 2.45) is 14.1 Å². The van der Waals surface area contributed by atoms with E-state index in [4.69, 9.17) is 9.47 Å². The summed E-state index contributed by atoms with van der Waals surface area (Å²) in [5.41, 5.74) is 9.87. The van der Waals surface area contributed by atoms with Gasteiger partial charge in [0.15, 0.2) is 23.8 Å². The lowest BCUT2D eigenvalue weighted by molar-refractivity contribution is -0.606. The van der Waals surface area contributed by atoms with Gasteiger partial charge in [-0.3, -0.25) is 4.98 Å². The van der Waals surface area contributed by atoms with Crippen molar-refractivity contribution in [3.05, 3.63) is 136 Å². The summed E-state index contributed by atoms with van der Waals surface area (Å²) < 4.78 is 15.7. The van der Waals surface area contributed by atoms with Gasteiger partial charge in [-0.1, -0.05) is 16.5 Å². The lowest BCUT2D eigenvalue weighted by Gasteiger charge is -2.11. The number of hydrogen-bond donors (Lipinski definition) is 0. The van der Waals surface area contributed by atoms with Crippen LogP contribution in [0.15, 0.2) is 97.6 Å². The van der Waals surface area contributed by atoms with Crippen molar-refractivity contribution in [1.29, 1.82) is 10.5 Å². The first kappa shape index (κ1) is 35.6. The van der Waals surface area contributed by atoms with Crippen molar-refractivity contribution in [3.63, 3.8) is 0 Å².